The van der Waals surface area contributed by atoms with Crippen molar-refractivity contribution >= 4 is 17.9 Å². The zero-order chi connectivity index (χ0) is 51.4. The van der Waals surface area contributed by atoms with E-state index in [1.165, 1.54) is 186 Å². The zero-order valence-corrected chi connectivity index (χ0v) is 47.2. The quantitative estimate of drug-likeness (QED) is 0.0261. The average molecular weight is 994 g/mol. The molecule has 0 rings (SSSR count). The minimum atomic E-state index is -0.770. The fraction of sp³-hybridized carbons (Fsp3) is 0.800. The Labute approximate surface area is 440 Å². The predicted octanol–water partition coefficient (Wildman–Crippen LogP) is 20.8. The van der Waals surface area contributed by atoms with Crippen molar-refractivity contribution in [3.8, 4) is 0 Å². The maximum atomic E-state index is 12.9. The summed E-state index contributed by atoms with van der Waals surface area (Å²) in [5, 5.41) is 0. The predicted molar refractivity (Wildman–Crippen MR) is 307 cm³/mol. The van der Waals surface area contributed by atoms with Crippen LogP contribution in [0.25, 0.3) is 0 Å². The van der Waals surface area contributed by atoms with E-state index in [1.54, 1.807) is 0 Å². The van der Waals surface area contributed by atoms with E-state index in [1.807, 2.05) is 0 Å². The molecule has 0 spiro atoms. The lowest BCUT2D eigenvalue weighted by Crippen LogP contribution is -2.30. The van der Waals surface area contributed by atoms with Crippen LogP contribution in [-0.4, -0.2) is 37.2 Å². The highest BCUT2D eigenvalue weighted by Crippen LogP contribution is 2.17. The molecule has 0 aromatic heterocycles. The van der Waals surface area contributed by atoms with Gasteiger partial charge in [0.2, 0.25) is 0 Å². The summed E-state index contributed by atoms with van der Waals surface area (Å²) in [5.74, 6) is -0.857. The second kappa shape index (κ2) is 59.7. The molecule has 0 aliphatic heterocycles. The summed E-state index contributed by atoms with van der Waals surface area (Å²) in [5.41, 5.74) is 0. The number of carbonyl (C=O) groups is 3. The summed E-state index contributed by atoms with van der Waals surface area (Å²) in [6.45, 7) is 6.55. The summed E-state index contributed by atoms with van der Waals surface area (Å²) in [7, 11) is 0. The lowest BCUT2D eigenvalue weighted by molar-refractivity contribution is -0.167. The molecule has 1 unspecified atom stereocenters. The molecule has 0 fully saturated rings. The van der Waals surface area contributed by atoms with Crippen LogP contribution in [0.3, 0.4) is 0 Å². The van der Waals surface area contributed by atoms with Gasteiger partial charge < -0.3 is 14.2 Å². The van der Waals surface area contributed by atoms with Crippen LogP contribution in [0.4, 0.5) is 0 Å². The van der Waals surface area contributed by atoms with Crippen molar-refractivity contribution in [2.45, 2.75) is 322 Å². The van der Waals surface area contributed by atoms with Gasteiger partial charge in [-0.1, -0.05) is 293 Å². The van der Waals surface area contributed by atoms with Crippen LogP contribution < -0.4 is 0 Å². The second-order valence-corrected chi connectivity index (χ2v) is 20.6. The molecular formula is C65H116O6. The average Bonchev–Trinajstić information content (AvgIpc) is 3.37. The van der Waals surface area contributed by atoms with Gasteiger partial charge in [-0.25, -0.2) is 0 Å². The summed E-state index contributed by atoms with van der Waals surface area (Å²) in [4.78, 5) is 38.1. The fourth-order valence-electron chi connectivity index (χ4n) is 8.94. The maximum Gasteiger partial charge on any atom is 0.306 e. The van der Waals surface area contributed by atoms with Crippen molar-refractivity contribution in [1.29, 1.82) is 0 Å². The molecule has 0 bridgehead atoms. The first-order chi connectivity index (χ1) is 35.0. The van der Waals surface area contributed by atoms with Gasteiger partial charge in [-0.3, -0.25) is 14.4 Å². The highest BCUT2D eigenvalue weighted by molar-refractivity contribution is 5.71. The van der Waals surface area contributed by atoms with Crippen LogP contribution in [0, 0.1) is 0 Å². The smallest absolute Gasteiger partial charge is 0.306 e. The molecule has 6 heteroatoms. The third-order valence-electron chi connectivity index (χ3n) is 13.5. The van der Waals surface area contributed by atoms with Crippen molar-refractivity contribution in [1.82, 2.24) is 0 Å². The van der Waals surface area contributed by atoms with Gasteiger partial charge in [0.15, 0.2) is 6.10 Å². The van der Waals surface area contributed by atoms with Gasteiger partial charge in [-0.15, -0.1) is 0 Å². The van der Waals surface area contributed by atoms with Gasteiger partial charge in [-0.05, 0) is 64.2 Å². The Bertz CT molecular complexity index is 1280. The van der Waals surface area contributed by atoms with E-state index < -0.39 is 6.10 Å². The van der Waals surface area contributed by atoms with Crippen molar-refractivity contribution < 1.29 is 28.6 Å². The minimum Gasteiger partial charge on any atom is -0.462 e. The van der Waals surface area contributed by atoms with E-state index in [4.69, 9.17) is 14.2 Å². The largest absolute Gasteiger partial charge is 0.462 e. The van der Waals surface area contributed by atoms with Gasteiger partial charge >= 0.3 is 17.9 Å². The molecule has 0 amide bonds. The molecular weight excluding hydrogens is 877 g/mol. The van der Waals surface area contributed by atoms with Gasteiger partial charge in [0.1, 0.15) is 13.2 Å². The van der Waals surface area contributed by atoms with Crippen LogP contribution in [-0.2, 0) is 28.6 Å². The lowest BCUT2D eigenvalue weighted by atomic mass is 10.0. The number of carbonyl (C=O) groups excluding carboxylic acids is 3. The number of unbranched alkanes of at least 4 members (excludes halogenated alkanes) is 35. The Morgan fingerprint density at radius 3 is 0.859 bits per heavy atom. The molecule has 0 saturated carbocycles. The monoisotopic (exact) mass is 993 g/mol. The number of rotatable bonds is 56. The van der Waals surface area contributed by atoms with Crippen molar-refractivity contribution in [3.05, 3.63) is 60.8 Å². The standard InChI is InChI=1S/C65H116O6/c1-4-7-10-13-16-19-22-24-26-28-29-30-31-32-33-34-35-36-37-38-40-41-43-46-49-52-55-58-64(67)70-61-62(60-69-63(66)57-54-51-48-45-21-18-15-12-9-6-3)71-65(68)59-56-53-50-47-44-42-39-27-25-23-20-17-14-11-8-5-2/h7,10,16,19,24,26,29-30,32-33,62H,4-6,8-9,11-15,17-18,20-23,25,27-28,31,34-61H2,1-3H3/b10-7-,19-16-,26-24-,30-29-,33-32-. The van der Waals surface area contributed by atoms with Crippen molar-refractivity contribution in [2.24, 2.45) is 0 Å². The highest BCUT2D eigenvalue weighted by atomic mass is 16.6. The van der Waals surface area contributed by atoms with Gasteiger partial charge in [0, 0.05) is 19.3 Å². The maximum absolute atomic E-state index is 12.9. The SMILES string of the molecule is CC/C=C\C/C=C\C/C=C\C/C=C\C/C=C\CCCCCCCCCCCCCC(=O)OCC(COC(=O)CCCCCCCCCCCC)OC(=O)CCCCCCCCCCCCCCCCCC. The van der Waals surface area contributed by atoms with Crippen LogP contribution in [0.1, 0.15) is 316 Å². The molecule has 0 radical (unpaired) electrons. The molecule has 0 saturated heterocycles. The first-order valence-electron chi connectivity index (χ1n) is 30.8. The van der Waals surface area contributed by atoms with E-state index in [0.29, 0.717) is 19.3 Å². The van der Waals surface area contributed by atoms with Gasteiger partial charge in [-0.2, -0.15) is 0 Å². The lowest BCUT2D eigenvalue weighted by Gasteiger charge is -2.18. The Morgan fingerprint density at radius 1 is 0.296 bits per heavy atom. The second-order valence-electron chi connectivity index (χ2n) is 20.6. The van der Waals surface area contributed by atoms with Crippen LogP contribution in [0.2, 0.25) is 0 Å². The first-order valence-corrected chi connectivity index (χ1v) is 30.8. The zero-order valence-electron chi connectivity index (χ0n) is 47.2. The molecule has 1 atom stereocenters. The molecule has 0 aromatic rings. The number of ether oxygens (including phenoxy) is 3. The Hall–Kier alpha value is -2.89. The third kappa shape index (κ3) is 57.9. The molecule has 0 heterocycles. The Morgan fingerprint density at radius 2 is 0.549 bits per heavy atom. The normalized spacial score (nSPS) is 12.4. The number of allylic oxidation sites excluding steroid dienone is 10. The van der Waals surface area contributed by atoms with E-state index in [0.717, 1.165) is 89.9 Å². The summed E-state index contributed by atoms with van der Waals surface area (Å²) in [6, 6.07) is 0. The summed E-state index contributed by atoms with van der Waals surface area (Å²) < 4.78 is 16.9. The number of hydrogen-bond donors (Lipinski definition) is 0. The van der Waals surface area contributed by atoms with E-state index in [-0.39, 0.29) is 31.1 Å². The molecule has 0 aromatic carbocycles. The van der Waals surface area contributed by atoms with Crippen molar-refractivity contribution in [3.63, 3.8) is 0 Å². The first kappa shape index (κ1) is 68.1. The molecule has 0 N–H and O–H groups in total. The number of esters is 3. The summed E-state index contributed by atoms with van der Waals surface area (Å²) in [6.07, 6.45) is 75.1. The van der Waals surface area contributed by atoms with Crippen LogP contribution in [0.5, 0.6) is 0 Å². The van der Waals surface area contributed by atoms with E-state index >= 15 is 0 Å². The number of hydrogen-bond acceptors (Lipinski definition) is 6. The highest BCUT2D eigenvalue weighted by Gasteiger charge is 2.19. The molecule has 6 nitrogen and oxygen atoms in total. The fourth-order valence-corrected chi connectivity index (χ4v) is 8.94. The minimum absolute atomic E-state index is 0.0698. The molecule has 71 heavy (non-hydrogen) atoms. The van der Waals surface area contributed by atoms with Gasteiger partial charge in [0.25, 0.3) is 0 Å². The molecule has 0 aliphatic rings. The third-order valence-corrected chi connectivity index (χ3v) is 13.5. The topological polar surface area (TPSA) is 78.9 Å². The summed E-state index contributed by atoms with van der Waals surface area (Å²) >= 11 is 0. The van der Waals surface area contributed by atoms with Crippen LogP contribution >= 0.6 is 0 Å². The van der Waals surface area contributed by atoms with E-state index in [9.17, 15) is 14.4 Å². The Balaban J connectivity index is 4.20. The van der Waals surface area contributed by atoms with Crippen LogP contribution in [0.15, 0.2) is 60.8 Å². The molecule has 0 aliphatic carbocycles. The molecule has 412 valence electrons. The van der Waals surface area contributed by atoms with Crippen molar-refractivity contribution in [2.75, 3.05) is 13.2 Å². The Kier molecular flexibility index (Phi) is 57.2. The van der Waals surface area contributed by atoms with E-state index in [2.05, 4.69) is 81.5 Å². The van der Waals surface area contributed by atoms with Gasteiger partial charge in [0.05, 0.1) is 0 Å².